The number of rotatable bonds is 11. The molecule has 0 unspecified atom stereocenters. The van der Waals surface area contributed by atoms with Gasteiger partial charge in [-0.3, -0.25) is 0 Å². The van der Waals surface area contributed by atoms with Gasteiger partial charge in [-0.05, 0) is 56.2 Å². The van der Waals surface area contributed by atoms with Gasteiger partial charge in [0.15, 0.2) is 6.61 Å². The van der Waals surface area contributed by atoms with Crippen LogP contribution in [0.5, 0.6) is 5.75 Å². The highest BCUT2D eigenvalue weighted by Gasteiger charge is 2.23. The highest BCUT2D eigenvalue weighted by Crippen LogP contribution is 2.26. The van der Waals surface area contributed by atoms with Crippen LogP contribution in [0.25, 0.3) is 0 Å². The number of benzene rings is 2. The van der Waals surface area contributed by atoms with Crippen molar-refractivity contribution in [3.05, 3.63) is 53.6 Å². The fourth-order valence-corrected chi connectivity index (χ4v) is 5.36. The van der Waals surface area contributed by atoms with Crippen LogP contribution in [0.1, 0.15) is 24.5 Å². The summed E-state index contributed by atoms with van der Waals surface area (Å²) in [6, 6.07) is 12.4. The predicted molar refractivity (Wildman–Crippen MR) is 115 cm³/mol. The number of aryl methyl sites for hydroxylation is 2. The Morgan fingerprint density at radius 1 is 1.10 bits per heavy atom. The molecule has 0 amide bonds. The minimum Gasteiger partial charge on any atom is -0.482 e. The second-order valence-corrected chi connectivity index (χ2v) is 9.78. The topological polar surface area (TPSA) is 83.9 Å². The fraction of sp³-hybridized carbons (Fsp3) is 0.381. The molecule has 0 aliphatic heterocycles. The maximum Gasteiger partial charge on any atom is 0.341 e. The van der Waals surface area contributed by atoms with Crippen LogP contribution in [0.3, 0.4) is 0 Å². The zero-order chi connectivity index (χ0) is 21.4. The number of carboxylic acids is 1. The van der Waals surface area contributed by atoms with Gasteiger partial charge in [0.2, 0.25) is 10.0 Å². The second kappa shape index (κ2) is 10.7. The third kappa shape index (κ3) is 6.76. The number of ether oxygens (including phenoxy) is 1. The maximum atomic E-state index is 13.0. The Balaban J connectivity index is 2.01. The minimum atomic E-state index is -3.52. The van der Waals surface area contributed by atoms with Gasteiger partial charge in [-0.1, -0.05) is 24.6 Å². The third-order valence-corrected chi connectivity index (χ3v) is 7.13. The lowest BCUT2D eigenvalue weighted by molar-refractivity contribution is -0.139. The number of thioether (sulfide) groups is 1. The summed E-state index contributed by atoms with van der Waals surface area (Å²) < 4.78 is 32.7. The first-order valence-corrected chi connectivity index (χ1v) is 11.8. The molecule has 0 aliphatic rings. The SMILES string of the molecule is CCCN(CCSc1ccc(OCC(=O)O)c(C)c1)S(=O)(=O)c1ccc(C)cc1. The molecule has 0 spiro atoms. The van der Waals surface area contributed by atoms with E-state index in [9.17, 15) is 13.2 Å². The van der Waals surface area contributed by atoms with Crippen molar-refractivity contribution in [1.82, 2.24) is 4.31 Å². The monoisotopic (exact) mass is 437 g/mol. The van der Waals surface area contributed by atoms with Crippen LogP contribution in [0.15, 0.2) is 52.3 Å². The van der Waals surface area contributed by atoms with Crippen molar-refractivity contribution in [3.8, 4) is 5.75 Å². The number of carboxylic acid groups (broad SMARTS) is 1. The van der Waals surface area contributed by atoms with Crippen molar-refractivity contribution >= 4 is 27.8 Å². The van der Waals surface area contributed by atoms with E-state index in [0.29, 0.717) is 29.5 Å². The van der Waals surface area contributed by atoms with Crippen molar-refractivity contribution < 1.29 is 23.1 Å². The molecule has 1 N–H and O–H groups in total. The smallest absolute Gasteiger partial charge is 0.341 e. The van der Waals surface area contributed by atoms with Crippen LogP contribution in [0, 0.1) is 13.8 Å². The Hall–Kier alpha value is -2.03. The van der Waals surface area contributed by atoms with Gasteiger partial charge in [0.1, 0.15) is 5.75 Å². The molecule has 29 heavy (non-hydrogen) atoms. The van der Waals surface area contributed by atoms with E-state index in [-0.39, 0.29) is 6.61 Å². The molecule has 2 aromatic carbocycles. The van der Waals surface area contributed by atoms with E-state index in [1.807, 2.05) is 45.0 Å². The minimum absolute atomic E-state index is 0.317. The molecule has 6 nitrogen and oxygen atoms in total. The van der Waals surface area contributed by atoms with Crippen LogP contribution < -0.4 is 4.74 Å². The molecular formula is C21H27NO5S2. The lowest BCUT2D eigenvalue weighted by Gasteiger charge is -2.21. The van der Waals surface area contributed by atoms with Crippen LogP contribution in [-0.2, 0) is 14.8 Å². The van der Waals surface area contributed by atoms with Crippen LogP contribution in [0.4, 0.5) is 0 Å². The highest BCUT2D eigenvalue weighted by atomic mass is 32.2. The van der Waals surface area contributed by atoms with E-state index in [0.717, 1.165) is 22.4 Å². The summed E-state index contributed by atoms with van der Waals surface area (Å²) >= 11 is 1.56. The average Bonchev–Trinajstić information content (AvgIpc) is 2.67. The summed E-state index contributed by atoms with van der Waals surface area (Å²) in [4.78, 5) is 11.9. The molecule has 0 aliphatic carbocycles. The molecule has 0 fully saturated rings. The van der Waals surface area contributed by atoms with Crippen molar-refractivity contribution in [2.75, 3.05) is 25.4 Å². The van der Waals surface area contributed by atoms with Gasteiger partial charge in [-0.25, -0.2) is 13.2 Å². The van der Waals surface area contributed by atoms with E-state index in [2.05, 4.69) is 0 Å². The molecular weight excluding hydrogens is 410 g/mol. The van der Waals surface area contributed by atoms with Gasteiger partial charge in [0.05, 0.1) is 4.90 Å². The third-order valence-electron chi connectivity index (χ3n) is 4.24. The standard InChI is InChI=1S/C21H27NO5S2/c1-4-11-22(29(25,26)19-8-5-16(2)6-9-19)12-13-28-18-7-10-20(17(3)14-18)27-15-21(23)24/h5-10,14H,4,11-13,15H2,1-3H3,(H,23,24). The quantitative estimate of drug-likeness (QED) is 0.536. The first-order chi connectivity index (χ1) is 13.7. The van der Waals surface area contributed by atoms with E-state index < -0.39 is 16.0 Å². The number of sulfonamides is 1. The Labute approximate surface area is 176 Å². The Morgan fingerprint density at radius 3 is 2.38 bits per heavy atom. The van der Waals surface area contributed by atoms with Gasteiger partial charge in [-0.2, -0.15) is 4.31 Å². The van der Waals surface area contributed by atoms with Crippen molar-refractivity contribution in [1.29, 1.82) is 0 Å². The van der Waals surface area contributed by atoms with Crippen LogP contribution >= 0.6 is 11.8 Å². The Morgan fingerprint density at radius 2 is 1.79 bits per heavy atom. The number of aliphatic carboxylic acids is 1. The predicted octanol–water partition coefficient (Wildman–Crippen LogP) is 3.96. The summed E-state index contributed by atoms with van der Waals surface area (Å²) in [6.07, 6.45) is 0.741. The molecule has 8 heteroatoms. The highest BCUT2D eigenvalue weighted by molar-refractivity contribution is 7.99. The summed E-state index contributed by atoms with van der Waals surface area (Å²) in [7, 11) is -3.52. The van der Waals surface area contributed by atoms with E-state index >= 15 is 0 Å². The molecule has 0 heterocycles. The Bertz CT molecular complexity index is 927. The molecule has 158 valence electrons. The molecule has 2 rings (SSSR count). The molecule has 0 radical (unpaired) electrons. The molecule has 0 saturated heterocycles. The van der Waals surface area contributed by atoms with Gasteiger partial charge >= 0.3 is 5.97 Å². The summed E-state index contributed by atoms with van der Waals surface area (Å²) in [5.74, 6) is 0.125. The average molecular weight is 438 g/mol. The van der Waals surface area contributed by atoms with Crippen LogP contribution in [-0.4, -0.2) is 49.2 Å². The molecule has 0 aromatic heterocycles. The number of carbonyl (C=O) groups is 1. The number of hydrogen-bond acceptors (Lipinski definition) is 5. The second-order valence-electron chi connectivity index (χ2n) is 6.68. The van der Waals surface area contributed by atoms with Gasteiger partial charge in [0, 0.05) is 23.7 Å². The van der Waals surface area contributed by atoms with Gasteiger partial charge in [-0.15, -0.1) is 11.8 Å². The van der Waals surface area contributed by atoms with Crippen LogP contribution in [0.2, 0.25) is 0 Å². The zero-order valence-electron chi connectivity index (χ0n) is 16.9. The lowest BCUT2D eigenvalue weighted by Crippen LogP contribution is -2.33. The normalized spacial score (nSPS) is 11.6. The first kappa shape index (κ1) is 23.3. The van der Waals surface area contributed by atoms with E-state index in [4.69, 9.17) is 9.84 Å². The molecule has 0 saturated carbocycles. The van der Waals surface area contributed by atoms with Crippen molar-refractivity contribution in [2.24, 2.45) is 0 Å². The summed E-state index contributed by atoms with van der Waals surface area (Å²) in [6.45, 7) is 6.24. The molecule has 2 aromatic rings. The molecule has 0 atom stereocenters. The zero-order valence-corrected chi connectivity index (χ0v) is 18.6. The number of nitrogens with zero attached hydrogens (tertiary/aromatic N) is 1. The Kier molecular flexibility index (Phi) is 8.55. The first-order valence-electron chi connectivity index (χ1n) is 9.39. The van der Waals surface area contributed by atoms with E-state index in [1.54, 1.807) is 30.0 Å². The van der Waals surface area contributed by atoms with Gasteiger partial charge < -0.3 is 9.84 Å². The molecule has 0 bridgehead atoms. The van der Waals surface area contributed by atoms with Crippen molar-refractivity contribution in [2.45, 2.75) is 37.0 Å². The largest absolute Gasteiger partial charge is 0.482 e. The van der Waals surface area contributed by atoms with Gasteiger partial charge in [0.25, 0.3) is 0 Å². The summed E-state index contributed by atoms with van der Waals surface area (Å²) in [5.41, 5.74) is 1.86. The fourth-order valence-electron chi connectivity index (χ4n) is 2.74. The maximum absolute atomic E-state index is 13.0. The summed E-state index contributed by atoms with van der Waals surface area (Å²) in [5, 5.41) is 8.71. The van der Waals surface area contributed by atoms with Crippen molar-refractivity contribution in [3.63, 3.8) is 0 Å². The lowest BCUT2D eigenvalue weighted by atomic mass is 10.2. The van der Waals surface area contributed by atoms with E-state index in [1.165, 1.54) is 4.31 Å². The number of hydrogen-bond donors (Lipinski definition) is 1.